The van der Waals surface area contributed by atoms with Crippen molar-refractivity contribution in [3.05, 3.63) is 71.0 Å². The maximum absolute atomic E-state index is 13.3. The van der Waals surface area contributed by atoms with Gasteiger partial charge < -0.3 is 30.7 Å². The van der Waals surface area contributed by atoms with Gasteiger partial charge in [0.05, 0.1) is 23.4 Å². The van der Waals surface area contributed by atoms with Gasteiger partial charge in [0.2, 0.25) is 11.8 Å². The third-order valence-corrected chi connectivity index (χ3v) is 12.8. The molecule has 1 unspecified atom stereocenters. The van der Waals surface area contributed by atoms with Crippen molar-refractivity contribution in [2.45, 2.75) is 57.2 Å². The van der Waals surface area contributed by atoms with Crippen LogP contribution in [0.15, 0.2) is 48.7 Å². The van der Waals surface area contributed by atoms with E-state index in [4.69, 9.17) is 10.7 Å². The third kappa shape index (κ3) is 6.86. The maximum Gasteiger partial charge on any atom is 0.320 e. The lowest BCUT2D eigenvalue weighted by molar-refractivity contribution is -0.136. The molecule has 9 rings (SSSR count). The van der Waals surface area contributed by atoms with Crippen molar-refractivity contribution in [1.29, 1.82) is 0 Å². The molecule has 7 heterocycles. The monoisotopic (exact) mass is 789 g/mol. The van der Waals surface area contributed by atoms with E-state index in [9.17, 15) is 28.8 Å². The van der Waals surface area contributed by atoms with Crippen molar-refractivity contribution < 1.29 is 28.8 Å². The van der Waals surface area contributed by atoms with Crippen molar-refractivity contribution in [3.63, 3.8) is 0 Å². The molecule has 4 N–H and O–H groups in total. The summed E-state index contributed by atoms with van der Waals surface area (Å²) in [6.45, 7) is 7.25. The number of rotatable bonds is 9. The second kappa shape index (κ2) is 14.7. The molecule has 5 saturated heterocycles. The normalized spacial score (nSPS) is 23.4. The highest BCUT2D eigenvalue weighted by atomic mass is 16.2. The number of likely N-dealkylation sites (N-methyl/N-ethyl adjacent to an activating group) is 1. The molecule has 7 amide bonds. The summed E-state index contributed by atoms with van der Waals surface area (Å²) in [5, 5.41) is 5.51. The minimum absolute atomic E-state index is 0.0551. The molecular weight excluding hydrogens is 743 g/mol. The molecule has 3 aromatic rings. The highest BCUT2D eigenvalue weighted by Crippen LogP contribution is 2.42. The van der Waals surface area contributed by atoms with Gasteiger partial charge in [-0.1, -0.05) is 6.07 Å². The fraction of sp³-hybridized carbons (Fsp3) is 0.463. The summed E-state index contributed by atoms with van der Waals surface area (Å²) < 4.78 is 0. The number of hydrogen-bond acceptors (Lipinski definition) is 12. The molecular formula is C41H47N11O6. The Hall–Kier alpha value is -6.10. The number of urea groups is 1. The highest BCUT2D eigenvalue weighted by molar-refractivity contribution is 6.23. The van der Waals surface area contributed by atoms with E-state index in [0.717, 1.165) is 86.8 Å². The lowest BCUT2D eigenvalue weighted by Gasteiger charge is -2.54. The molecule has 2 aromatic carbocycles. The summed E-state index contributed by atoms with van der Waals surface area (Å²) in [6.07, 6.45) is 5.74. The van der Waals surface area contributed by atoms with Crippen LogP contribution >= 0.6 is 0 Å². The van der Waals surface area contributed by atoms with Gasteiger partial charge in [0.15, 0.2) is 11.5 Å². The number of primary amides is 1. The number of likely N-dealkylation sites (tertiary alicyclic amines) is 1. The fourth-order valence-corrected chi connectivity index (χ4v) is 9.56. The number of carbonyl (C=O) groups is 6. The van der Waals surface area contributed by atoms with Gasteiger partial charge in [0.1, 0.15) is 11.9 Å². The predicted molar refractivity (Wildman–Crippen MR) is 213 cm³/mol. The van der Waals surface area contributed by atoms with Gasteiger partial charge in [0, 0.05) is 83.7 Å². The van der Waals surface area contributed by atoms with Crippen LogP contribution in [0.5, 0.6) is 0 Å². The zero-order valence-electron chi connectivity index (χ0n) is 32.5. The van der Waals surface area contributed by atoms with Gasteiger partial charge in [0.25, 0.3) is 17.7 Å². The van der Waals surface area contributed by atoms with E-state index in [1.54, 1.807) is 23.2 Å². The second-order valence-electron chi connectivity index (χ2n) is 16.6. The number of imide groups is 2. The third-order valence-electron chi connectivity index (χ3n) is 12.8. The molecule has 302 valence electrons. The summed E-state index contributed by atoms with van der Waals surface area (Å²) in [5.74, 6) is -1.74. The van der Waals surface area contributed by atoms with E-state index in [1.807, 2.05) is 30.1 Å². The van der Waals surface area contributed by atoms with Crippen LogP contribution in [-0.2, 0) is 16.1 Å². The molecule has 5 fully saturated rings. The molecule has 0 saturated carbocycles. The first-order chi connectivity index (χ1) is 27.9. The first kappa shape index (κ1) is 37.5. The number of piperidine rings is 3. The van der Waals surface area contributed by atoms with Crippen LogP contribution in [0.25, 0.3) is 0 Å². The molecule has 0 bridgehead atoms. The van der Waals surface area contributed by atoms with Gasteiger partial charge in [-0.2, -0.15) is 0 Å². The number of hydrogen-bond donors (Lipinski definition) is 3. The SMILES string of the molecule is CN1CCN([C@@H]2CCCN(c3cnc(C(N)=O)c(Nc4ccc(N5CCC6(CC5)CN(Cc5ccc7c(c5)C(=O)N(C5CCC(=O)NC5=O)C7=O)C6)cc4)n3)C2)C1=O. The standard InChI is InChI=1S/C41H47N11O6/c1-47-17-18-51(40(47)58)28-3-2-14-50(22-28)32-20-43-34(35(42)54)36(45-32)44-26-5-7-27(8-6-26)49-15-12-41(13-16-49)23-48(24-41)21-25-4-9-29-30(19-25)39(57)52(38(29)56)31-10-11-33(53)46-37(31)55/h4-9,19-20,28,31H,2-3,10-18,21-24H2,1H3,(H2,42,54)(H,44,45)(H,46,53,55)/t28-,31?/m1/s1. The van der Waals surface area contributed by atoms with Crippen LogP contribution in [-0.4, -0.2) is 137 Å². The molecule has 17 nitrogen and oxygen atoms in total. The van der Waals surface area contributed by atoms with E-state index >= 15 is 0 Å². The number of nitrogens with two attached hydrogens (primary N) is 1. The summed E-state index contributed by atoms with van der Waals surface area (Å²) in [4.78, 5) is 96.2. The van der Waals surface area contributed by atoms with Gasteiger partial charge >= 0.3 is 6.03 Å². The summed E-state index contributed by atoms with van der Waals surface area (Å²) in [7, 11) is 1.83. The van der Waals surface area contributed by atoms with Crippen molar-refractivity contribution in [2.75, 3.05) is 74.5 Å². The number of anilines is 4. The average molecular weight is 790 g/mol. The zero-order chi connectivity index (χ0) is 40.3. The number of nitrogens with zero attached hydrogens (tertiary/aromatic N) is 8. The molecule has 0 radical (unpaired) electrons. The van der Waals surface area contributed by atoms with Crippen LogP contribution in [0.2, 0.25) is 0 Å². The number of fused-ring (bicyclic) bond motifs is 1. The van der Waals surface area contributed by atoms with Crippen molar-refractivity contribution >= 4 is 58.6 Å². The zero-order valence-corrected chi connectivity index (χ0v) is 32.5. The number of carbonyl (C=O) groups excluding carboxylic acids is 6. The topological polar surface area (TPSA) is 198 Å². The Morgan fingerprint density at radius 1 is 0.914 bits per heavy atom. The summed E-state index contributed by atoms with van der Waals surface area (Å²) in [6, 6.07) is 12.6. The Kier molecular flexibility index (Phi) is 9.49. The number of aromatic nitrogens is 2. The van der Waals surface area contributed by atoms with Crippen molar-refractivity contribution in [1.82, 2.24) is 34.9 Å². The molecule has 2 atom stereocenters. The highest BCUT2D eigenvalue weighted by Gasteiger charge is 2.46. The number of nitrogens with one attached hydrogen (secondary N) is 2. The minimum atomic E-state index is -0.976. The second-order valence-corrected chi connectivity index (χ2v) is 16.6. The van der Waals surface area contributed by atoms with Gasteiger partial charge in [-0.05, 0) is 79.5 Å². The van der Waals surface area contributed by atoms with Gasteiger partial charge in [-0.15, -0.1) is 0 Å². The molecule has 58 heavy (non-hydrogen) atoms. The molecule has 1 spiro atoms. The predicted octanol–water partition coefficient (Wildman–Crippen LogP) is 2.16. The maximum atomic E-state index is 13.3. The molecule has 17 heteroatoms. The Labute approximate surface area is 335 Å². The van der Waals surface area contributed by atoms with Crippen LogP contribution in [0, 0.1) is 5.41 Å². The summed E-state index contributed by atoms with van der Waals surface area (Å²) >= 11 is 0. The quantitative estimate of drug-likeness (QED) is 0.268. The smallest absolute Gasteiger partial charge is 0.320 e. The molecule has 1 aromatic heterocycles. The van der Waals surface area contributed by atoms with Crippen LogP contribution in [0.3, 0.4) is 0 Å². The van der Waals surface area contributed by atoms with Crippen molar-refractivity contribution in [2.24, 2.45) is 11.1 Å². The Bertz CT molecular complexity index is 2200. The Morgan fingerprint density at radius 2 is 1.67 bits per heavy atom. The van der Waals surface area contributed by atoms with Gasteiger partial charge in [-0.25, -0.2) is 14.8 Å². The van der Waals surface area contributed by atoms with E-state index < -0.39 is 35.6 Å². The molecule has 6 aliphatic rings. The average Bonchev–Trinajstić information content (AvgIpc) is 3.67. The lowest BCUT2D eigenvalue weighted by Crippen LogP contribution is -2.59. The van der Waals surface area contributed by atoms with Crippen molar-refractivity contribution in [3.8, 4) is 0 Å². The van der Waals surface area contributed by atoms with Crippen LogP contribution in [0.4, 0.5) is 27.8 Å². The number of amides is 7. The Morgan fingerprint density at radius 3 is 2.38 bits per heavy atom. The number of benzene rings is 2. The summed E-state index contributed by atoms with van der Waals surface area (Å²) in [5.41, 5.74) is 9.40. The van der Waals surface area contributed by atoms with E-state index in [1.165, 1.54) is 0 Å². The van der Waals surface area contributed by atoms with Crippen LogP contribution < -0.4 is 26.2 Å². The molecule has 6 aliphatic heterocycles. The van der Waals surface area contributed by atoms with E-state index in [0.29, 0.717) is 42.4 Å². The van der Waals surface area contributed by atoms with Gasteiger partial charge in [-0.3, -0.25) is 39.1 Å². The first-order valence-corrected chi connectivity index (χ1v) is 20.1. The van der Waals surface area contributed by atoms with E-state index in [-0.39, 0.29) is 36.0 Å². The fourth-order valence-electron chi connectivity index (χ4n) is 9.56. The van der Waals surface area contributed by atoms with Crippen LogP contribution in [0.1, 0.15) is 75.3 Å². The minimum Gasteiger partial charge on any atom is -0.371 e. The lowest BCUT2D eigenvalue weighted by atomic mass is 9.71. The Balaban J connectivity index is 0.784. The van der Waals surface area contributed by atoms with E-state index in [2.05, 4.69) is 42.5 Å². The molecule has 0 aliphatic carbocycles. The largest absolute Gasteiger partial charge is 0.371 e. The first-order valence-electron chi connectivity index (χ1n) is 20.1.